The van der Waals surface area contributed by atoms with Crippen LogP contribution in [0.3, 0.4) is 0 Å². The first-order valence-electron chi connectivity index (χ1n) is 9.70. The van der Waals surface area contributed by atoms with E-state index in [1.54, 1.807) is 19.2 Å². The number of carbonyl (C=O) groups excluding carboxylic acids is 1. The van der Waals surface area contributed by atoms with Crippen molar-refractivity contribution in [3.05, 3.63) is 64.4 Å². The first kappa shape index (κ1) is 21.6. The van der Waals surface area contributed by atoms with E-state index in [-0.39, 0.29) is 11.7 Å². The van der Waals surface area contributed by atoms with E-state index < -0.39 is 0 Å². The van der Waals surface area contributed by atoms with Crippen LogP contribution in [0.4, 0.5) is 4.39 Å². The van der Waals surface area contributed by atoms with Gasteiger partial charge in [0.1, 0.15) is 11.6 Å². The van der Waals surface area contributed by atoms with Gasteiger partial charge in [-0.15, -0.1) is 0 Å². The molecule has 1 heterocycles. The fourth-order valence-electron chi connectivity index (χ4n) is 3.53. The number of likely N-dealkylation sites (N-methyl/N-ethyl adjacent to an activating group) is 1. The highest BCUT2D eigenvalue weighted by Crippen LogP contribution is 2.21. The van der Waals surface area contributed by atoms with E-state index in [0.29, 0.717) is 56.4 Å². The molecule has 3 rings (SSSR count). The Labute approximate surface area is 176 Å². The van der Waals surface area contributed by atoms with Crippen LogP contribution in [0, 0.1) is 5.82 Å². The zero-order valence-corrected chi connectivity index (χ0v) is 17.7. The lowest BCUT2D eigenvalue weighted by atomic mass is 10.1. The maximum atomic E-state index is 14.0. The Kier molecular flexibility index (Phi) is 7.47. The van der Waals surface area contributed by atoms with E-state index in [9.17, 15) is 9.18 Å². The van der Waals surface area contributed by atoms with Crippen LogP contribution in [-0.4, -0.2) is 67.5 Å². The molecule has 0 atom stereocenters. The largest absolute Gasteiger partial charge is 0.497 e. The molecule has 0 N–H and O–H groups in total. The van der Waals surface area contributed by atoms with Crippen LogP contribution < -0.4 is 4.74 Å². The summed E-state index contributed by atoms with van der Waals surface area (Å²) in [6.45, 7) is 4.18. The lowest BCUT2D eigenvalue weighted by Crippen LogP contribution is -2.50. The van der Waals surface area contributed by atoms with Gasteiger partial charge >= 0.3 is 0 Å². The molecule has 0 unspecified atom stereocenters. The Morgan fingerprint density at radius 1 is 1.17 bits per heavy atom. The highest BCUT2D eigenvalue weighted by Gasteiger charge is 2.23. The minimum atomic E-state index is -0.282. The van der Waals surface area contributed by atoms with Crippen LogP contribution >= 0.6 is 11.6 Å². The molecule has 1 amide bonds. The topological polar surface area (TPSA) is 36.0 Å². The Morgan fingerprint density at radius 2 is 1.90 bits per heavy atom. The molecule has 0 saturated carbocycles. The summed E-state index contributed by atoms with van der Waals surface area (Å²) in [7, 11) is 3.58. The van der Waals surface area contributed by atoms with Crippen molar-refractivity contribution in [1.82, 2.24) is 14.7 Å². The molecule has 0 aromatic heterocycles. The van der Waals surface area contributed by atoms with Gasteiger partial charge in [0.2, 0.25) is 5.91 Å². The van der Waals surface area contributed by atoms with E-state index >= 15 is 0 Å². The quantitative estimate of drug-likeness (QED) is 0.690. The Morgan fingerprint density at radius 3 is 2.59 bits per heavy atom. The van der Waals surface area contributed by atoms with E-state index in [0.717, 1.165) is 11.3 Å². The van der Waals surface area contributed by atoms with Gasteiger partial charge in [0.15, 0.2) is 0 Å². The maximum Gasteiger partial charge on any atom is 0.236 e. The molecule has 1 saturated heterocycles. The van der Waals surface area contributed by atoms with Crippen molar-refractivity contribution in [3.8, 4) is 5.75 Å². The van der Waals surface area contributed by atoms with Crippen molar-refractivity contribution in [2.24, 2.45) is 0 Å². The molecule has 29 heavy (non-hydrogen) atoms. The third-order valence-corrected chi connectivity index (χ3v) is 5.51. The predicted octanol–water partition coefficient (Wildman–Crippen LogP) is 3.26. The van der Waals surface area contributed by atoms with Crippen LogP contribution in [0.15, 0.2) is 42.5 Å². The summed E-state index contributed by atoms with van der Waals surface area (Å²) in [4.78, 5) is 18.7. The minimum absolute atomic E-state index is 0.110. The number of hydrogen-bond acceptors (Lipinski definition) is 4. The van der Waals surface area contributed by atoms with Crippen molar-refractivity contribution in [2.75, 3.05) is 46.9 Å². The molecule has 1 aliphatic rings. The highest BCUT2D eigenvalue weighted by atomic mass is 35.5. The predicted molar refractivity (Wildman–Crippen MR) is 113 cm³/mol. The smallest absolute Gasteiger partial charge is 0.236 e. The van der Waals surface area contributed by atoms with Crippen molar-refractivity contribution in [2.45, 2.75) is 13.1 Å². The summed E-state index contributed by atoms with van der Waals surface area (Å²) in [5, 5.41) is 0.447. The van der Waals surface area contributed by atoms with Crippen LogP contribution in [0.2, 0.25) is 5.02 Å². The molecule has 1 aliphatic heterocycles. The normalized spacial score (nSPS) is 15.0. The monoisotopic (exact) mass is 419 g/mol. The number of methoxy groups -OCH3 is 1. The average Bonchev–Trinajstić information content (AvgIpc) is 2.71. The number of piperazine rings is 1. The summed E-state index contributed by atoms with van der Waals surface area (Å²) < 4.78 is 19.2. The van der Waals surface area contributed by atoms with Gasteiger partial charge < -0.3 is 9.64 Å². The van der Waals surface area contributed by atoms with Crippen molar-refractivity contribution < 1.29 is 13.9 Å². The van der Waals surface area contributed by atoms with E-state index in [4.69, 9.17) is 16.3 Å². The molecule has 0 spiro atoms. The minimum Gasteiger partial charge on any atom is -0.497 e. The van der Waals surface area contributed by atoms with Gasteiger partial charge in [0, 0.05) is 49.9 Å². The molecule has 156 valence electrons. The van der Waals surface area contributed by atoms with Gasteiger partial charge in [-0.2, -0.15) is 0 Å². The molecule has 5 nitrogen and oxygen atoms in total. The number of benzene rings is 2. The molecule has 0 bridgehead atoms. The Bertz CT molecular complexity index is 820. The van der Waals surface area contributed by atoms with Gasteiger partial charge in [0.25, 0.3) is 0 Å². The molecule has 0 radical (unpaired) electrons. The Hall–Kier alpha value is -2.15. The third-order valence-electron chi connectivity index (χ3n) is 5.16. The number of hydrogen-bond donors (Lipinski definition) is 0. The van der Waals surface area contributed by atoms with Crippen molar-refractivity contribution in [1.29, 1.82) is 0 Å². The van der Waals surface area contributed by atoms with Gasteiger partial charge in [-0.3, -0.25) is 14.6 Å². The average molecular weight is 420 g/mol. The second-order valence-electron chi connectivity index (χ2n) is 7.38. The Balaban J connectivity index is 1.47. The van der Waals surface area contributed by atoms with Gasteiger partial charge in [-0.05, 0) is 36.9 Å². The lowest BCUT2D eigenvalue weighted by Gasteiger charge is -2.35. The summed E-state index contributed by atoms with van der Waals surface area (Å²) in [5.41, 5.74) is 1.62. The number of amides is 1. The molecule has 2 aromatic carbocycles. The zero-order valence-electron chi connectivity index (χ0n) is 16.9. The molecule has 1 fully saturated rings. The second-order valence-corrected chi connectivity index (χ2v) is 7.79. The van der Waals surface area contributed by atoms with Crippen LogP contribution in [0.1, 0.15) is 11.1 Å². The van der Waals surface area contributed by atoms with E-state index in [1.165, 1.54) is 6.07 Å². The number of carbonyl (C=O) groups is 1. The highest BCUT2D eigenvalue weighted by molar-refractivity contribution is 6.31. The fourth-order valence-corrected chi connectivity index (χ4v) is 3.75. The third kappa shape index (κ3) is 5.92. The zero-order chi connectivity index (χ0) is 20.8. The fraction of sp³-hybridized carbons (Fsp3) is 0.409. The summed E-state index contributed by atoms with van der Waals surface area (Å²) in [5.74, 6) is 0.641. The number of rotatable bonds is 7. The molecule has 0 aliphatic carbocycles. The van der Waals surface area contributed by atoms with Crippen LogP contribution in [0.25, 0.3) is 0 Å². The standard InChI is InChI=1S/C22H27ClFN3O2/c1-25(14-17-5-3-6-18(13-17)29-2)16-22(28)27-11-9-26(10-12-27)15-19-20(23)7-4-8-21(19)24/h3-8,13H,9-12,14-16H2,1-2H3. The number of nitrogens with zero attached hydrogens (tertiary/aromatic N) is 3. The van der Waals surface area contributed by atoms with Crippen molar-refractivity contribution in [3.63, 3.8) is 0 Å². The second kappa shape index (κ2) is 10.1. The first-order chi connectivity index (χ1) is 14.0. The van der Waals surface area contributed by atoms with Gasteiger partial charge in [-0.1, -0.05) is 29.8 Å². The van der Waals surface area contributed by atoms with Crippen LogP contribution in [-0.2, 0) is 17.9 Å². The van der Waals surface area contributed by atoms with Gasteiger partial charge in [-0.25, -0.2) is 4.39 Å². The number of ether oxygens (including phenoxy) is 1. The first-order valence-corrected chi connectivity index (χ1v) is 10.1. The summed E-state index contributed by atoms with van der Waals surface area (Å²) in [6.07, 6.45) is 0. The van der Waals surface area contributed by atoms with Gasteiger partial charge in [0.05, 0.1) is 13.7 Å². The molecule has 2 aromatic rings. The van der Waals surface area contributed by atoms with Crippen LogP contribution in [0.5, 0.6) is 5.75 Å². The van der Waals surface area contributed by atoms with E-state index in [2.05, 4.69) is 4.90 Å². The van der Waals surface area contributed by atoms with Crippen molar-refractivity contribution >= 4 is 17.5 Å². The number of halogens is 2. The molecular weight excluding hydrogens is 393 g/mol. The summed E-state index contributed by atoms with van der Waals surface area (Å²) >= 11 is 6.13. The SMILES string of the molecule is COc1cccc(CN(C)CC(=O)N2CCN(Cc3c(F)cccc3Cl)CC2)c1. The summed E-state index contributed by atoms with van der Waals surface area (Å²) in [6, 6.07) is 12.6. The maximum absolute atomic E-state index is 14.0. The lowest BCUT2D eigenvalue weighted by molar-refractivity contribution is -0.134. The molecular formula is C22H27ClFN3O2. The molecule has 7 heteroatoms. The van der Waals surface area contributed by atoms with E-state index in [1.807, 2.05) is 41.1 Å².